The van der Waals surface area contributed by atoms with Crippen molar-refractivity contribution in [3.63, 3.8) is 0 Å². The SMILES string of the molecule is CC(C)(C)COC(=O)c1cccc(CO[N+](=O)[O-])c1. The molecule has 0 aliphatic carbocycles. The van der Waals surface area contributed by atoms with E-state index in [1.54, 1.807) is 18.2 Å². The van der Waals surface area contributed by atoms with Gasteiger partial charge in [-0.15, -0.1) is 10.1 Å². The van der Waals surface area contributed by atoms with E-state index in [0.29, 0.717) is 17.7 Å². The van der Waals surface area contributed by atoms with Crippen molar-refractivity contribution < 1.29 is 19.5 Å². The van der Waals surface area contributed by atoms with Crippen molar-refractivity contribution in [2.24, 2.45) is 5.41 Å². The van der Waals surface area contributed by atoms with E-state index in [0.717, 1.165) is 0 Å². The van der Waals surface area contributed by atoms with Gasteiger partial charge in [0.15, 0.2) is 0 Å². The highest BCUT2D eigenvalue weighted by Gasteiger charge is 2.15. The Balaban J connectivity index is 2.65. The maximum Gasteiger partial charge on any atom is 0.338 e. The van der Waals surface area contributed by atoms with Crippen LogP contribution in [0, 0.1) is 15.5 Å². The summed E-state index contributed by atoms with van der Waals surface area (Å²) in [4.78, 5) is 26.1. The summed E-state index contributed by atoms with van der Waals surface area (Å²) in [5.74, 6) is -0.446. The Morgan fingerprint density at radius 3 is 2.63 bits per heavy atom. The molecule has 6 heteroatoms. The summed E-state index contributed by atoms with van der Waals surface area (Å²) < 4.78 is 5.16. The molecule has 0 aliphatic heterocycles. The zero-order valence-corrected chi connectivity index (χ0v) is 11.2. The first-order valence-electron chi connectivity index (χ1n) is 5.81. The standard InChI is InChI=1S/C13H17NO5/c1-13(2,3)9-18-12(15)11-6-4-5-10(7-11)8-19-14(16)17/h4-7H,8-9H2,1-3H3. The van der Waals surface area contributed by atoms with E-state index in [1.165, 1.54) is 6.07 Å². The monoisotopic (exact) mass is 267 g/mol. The number of esters is 1. The van der Waals surface area contributed by atoms with Crippen LogP contribution in [0.5, 0.6) is 0 Å². The zero-order chi connectivity index (χ0) is 14.5. The van der Waals surface area contributed by atoms with Gasteiger partial charge in [0.25, 0.3) is 5.09 Å². The first-order valence-corrected chi connectivity index (χ1v) is 5.81. The minimum absolute atomic E-state index is 0.109. The molecule has 0 fully saturated rings. The second kappa shape index (κ2) is 6.17. The van der Waals surface area contributed by atoms with Crippen LogP contribution in [0.3, 0.4) is 0 Å². The first kappa shape index (κ1) is 14.9. The fraction of sp³-hybridized carbons (Fsp3) is 0.462. The summed E-state index contributed by atoms with van der Waals surface area (Å²) in [6.07, 6.45) is 0. The summed E-state index contributed by atoms with van der Waals surface area (Å²) in [6, 6.07) is 6.39. The van der Waals surface area contributed by atoms with Crippen LogP contribution in [0.25, 0.3) is 0 Å². The largest absolute Gasteiger partial charge is 0.462 e. The molecule has 0 spiro atoms. The van der Waals surface area contributed by atoms with Crippen LogP contribution in [0.2, 0.25) is 0 Å². The number of carbonyl (C=O) groups is 1. The Hall–Kier alpha value is -2.11. The lowest BCUT2D eigenvalue weighted by Crippen LogP contribution is -2.18. The fourth-order valence-corrected chi connectivity index (χ4v) is 1.28. The number of carbonyl (C=O) groups excluding carboxylic acids is 1. The van der Waals surface area contributed by atoms with E-state index in [4.69, 9.17) is 4.74 Å². The molecule has 104 valence electrons. The molecule has 0 unspecified atom stereocenters. The van der Waals surface area contributed by atoms with Crippen molar-refractivity contribution in [1.29, 1.82) is 0 Å². The van der Waals surface area contributed by atoms with Crippen molar-refractivity contribution in [1.82, 2.24) is 0 Å². The van der Waals surface area contributed by atoms with Gasteiger partial charge in [-0.2, -0.15) is 0 Å². The molecule has 0 saturated heterocycles. The van der Waals surface area contributed by atoms with Crippen molar-refractivity contribution in [3.8, 4) is 0 Å². The molecule has 0 amide bonds. The highest BCUT2D eigenvalue weighted by molar-refractivity contribution is 5.89. The van der Waals surface area contributed by atoms with Crippen LogP contribution >= 0.6 is 0 Å². The van der Waals surface area contributed by atoms with Gasteiger partial charge in [-0.25, -0.2) is 4.79 Å². The molecule has 0 radical (unpaired) electrons. The topological polar surface area (TPSA) is 78.7 Å². The van der Waals surface area contributed by atoms with Crippen LogP contribution in [-0.4, -0.2) is 17.7 Å². The smallest absolute Gasteiger partial charge is 0.338 e. The molecule has 6 nitrogen and oxygen atoms in total. The van der Waals surface area contributed by atoms with Crippen LogP contribution in [0.4, 0.5) is 0 Å². The Morgan fingerprint density at radius 2 is 2.05 bits per heavy atom. The third-order valence-corrected chi connectivity index (χ3v) is 2.14. The molecule has 0 aromatic heterocycles. The van der Waals surface area contributed by atoms with Gasteiger partial charge in [-0.1, -0.05) is 32.9 Å². The Labute approximate surface area is 111 Å². The molecule has 1 aromatic rings. The summed E-state index contributed by atoms with van der Waals surface area (Å²) in [6.45, 7) is 6.00. The van der Waals surface area contributed by atoms with Crippen molar-refractivity contribution >= 4 is 5.97 Å². The van der Waals surface area contributed by atoms with Gasteiger partial charge in [0.2, 0.25) is 0 Å². The Kier molecular flexibility index (Phi) is 4.86. The normalized spacial score (nSPS) is 10.9. The minimum atomic E-state index is -0.870. The van der Waals surface area contributed by atoms with Crippen LogP contribution in [0.1, 0.15) is 36.7 Å². The lowest BCUT2D eigenvalue weighted by molar-refractivity contribution is -0.763. The number of nitrogens with zero attached hydrogens (tertiary/aromatic N) is 1. The maximum atomic E-state index is 11.8. The van der Waals surface area contributed by atoms with Crippen LogP contribution in [0.15, 0.2) is 24.3 Å². The number of hydrogen-bond donors (Lipinski definition) is 0. The van der Waals surface area contributed by atoms with Gasteiger partial charge in [0.1, 0.15) is 6.61 Å². The van der Waals surface area contributed by atoms with Gasteiger partial charge in [-0.05, 0) is 23.1 Å². The van der Waals surface area contributed by atoms with E-state index < -0.39 is 11.1 Å². The summed E-state index contributed by atoms with van der Waals surface area (Å²) in [5, 5.41) is 9.23. The fourth-order valence-electron chi connectivity index (χ4n) is 1.28. The summed E-state index contributed by atoms with van der Waals surface area (Å²) in [7, 11) is 0. The van der Waals surface area contributed by atoms with Gasteiger partial charge >= 0.3 is 5.97 Å². The molecule has 0 saturated carbocycles. The molecule has 0 heterocycles. The lowest BCUT2D eigenvalue weighted by atomic mass is 9.99. The third kappa shape index (κ3) is 5.85. The van der Waals surface area contributed by atoms with Gasteiger partial charge in [-0.3, -0.25) is 0 Å². The van der Waals surface area contributed by atoms with E-state index in [-0.39, 0.29) is 12.0 Å². The predicted molar refractivity (Wildman–Crippen MR) is 68.0 cm³/mol. The number of ether oxygens (including phenoxy) is 1. The number of rotatable bonds is 5. The predicted octanol–water partition coefficient (Wildman–Crippen LogP) is 2.60. The van der Waals surface area contributed by atoms with E-state index >= 15 is 0 Å². The summed E-state index contributed by atoms with van der Waals surface area (Å²) >= 11 is 0. The van der Waals surface area contributed by atoms with Crippen molar-refractivity contribution in [2.75, 3.05) is 6.61 Å². The molecule has 19 heavy (non-hydrogen) atoms. The molecular weight excluding hydrogens is 250 g/mol. The molecule has 0 atom stereocenters. The number of benzene rings is 1. The average molecular weight is 267 g/mol. The van der Waals surface area contributed by atoms with E-state index in [9.17, 15) is 14.9 Å². The second-order valence-electron chi connectivity index (χ2n) is 5.33. The Morgan fingerprint density at radius 1 is 1.37 bits per heavy atom. The van der Waals surface area contributed by atoms with Gasteiger partial charge in [0.05, 0.1) is 12.2 Å². The third-order valence-electron chi connectivity index (χ3n) is 2.14. The number of hydrogen-bond acceptors (Lipinski definition) is 5. The van der Waals surface area contributed by atoms with Crippen LogP contribution in [-0.2, 0) is 16.2 Å². The molecule has 0 N–H and O–H groups in total. The molecule has 0 bridgehead atoms. The minimum Gasteiger partial charge on any atom is -0.462 e. The maximum absolute atomic E-state index is 11.8. The quantitative estimate of drug-likeness (QED) is 0.465. The van der Waals surface area contributed by atoms with Crippen LogP contribution < -0.4 is 0 Å². The zero-order valence-electron chi connectivity index (χ0n) is 11.2. The highest BCUT2D eigenvalue weighted by Crippen LogP contribution is 2.15. The second-order valence-corrected chi connectivity index (χ2v) is 5.33. The molecule has 1 rings (SSSR count). The van der Waals surface area contributed by atoms with Gasteiger partial charge < -0.3 is 9.57 Å². The lowest BCUT2D eigenvalue weighted by Gasteiger charge is -2.17. The molecule has 1 aromatic carbocycles. The van der Waals surface area contributed by atoms with E-state index in [2.05, 4.69) is 4.84 Å². The van der Waals surface area contributed by atoms with Gasteiger partial charge in [0, 0.05) is 0 Å². The van der Waals surface area contributed by atoms with Crippen molar-refractivity contribution in [2.45, 2.75) is 27.4 Å². The van der Waals surface area contributed by atoms with E-state index in [1.807, 2.05) is 20.8 Å². The average Bonchev–Trinajstić information content (AvgIpc) is 2.33. The highest BCUT2D eigenvalue weighted by atomic mass is 16.9. The first-order chi connectivity index (χ1) is 8.78. The Bertz CT molecular complexity index is 464. The summed E-state index contributed by atoms with van der Waals surface area (Å²) in [5.41, 5.74) is 0.790. The van der Waals surface area contributed by atoms with Crippen molar-refractivity contribution in [3.05, 3.63) is 45.5 Å². The molecule has 0 aliphatic rings. The molecular formula is C13H17NO5.